The predicted molar refractivity (Wildman–Crippen MR) is 96.7 cm³/mol. The average Bonchev–Trinajstić information content (AvgIpc) is 2.68. The zero-order chi connectivity index (χ0) is 25.6. The van der Waals surface area contributed by atoms with Crippen LogP contribution >= 0.6 is 0 Å². The van der Waals surface area contributed by atoms with E-state index in [9.17, 15) is 47.9 Å². The van der Waals surface area contributed by atoms with Crippen LogP contribution in [0.4, 0.5) is 39.5 Å². The lowest BCUT2D eigenvalue weighted by Crippen LogP contribution is -2.63. The van der Waals surface area contributed by atoms with Crippen molar-refractivity contribution in [3.63, 3.8) is 0 Å². The molecule has 33 heavy (non-hydrogen) atoms. The number of benzene rings is 1. The summed E-state index contributed by atoms with van der Waals surface area (Å²) in [6, 6.07) is 7.87. The van der Waals surface area contributed by atoms with E-state index in [1.54, 1.807) is 18.2 Å². The van der Waals surface area contributed by atoms with E-state index in [1.165, 1.54) is 26.0 Å². The SMILES string of the molecule is Cc1nc(-c2ccccc2)nc(C(C)C)c1OS(=O)(=O)C(F)(F)C(F)(F)C(F)(F)C(F)(F)F. The number of alkyl halides is 9. The first-order valence-electron chi connectivity index (χ1n) is 8.86. The van der Waals surface area contributed by atoms with E-state index in [0.717, 1.165) is 6.92 Å². The highest BCUT2D eigenvalue weighted by molar-refractivity contribution is 7.88. The molecule has 0 aliphatic carbocycles. The van der Waals surface area contributed by atoms with Crippen molar-refractivity contribution in [1.29, 1.82) is 0 Å². The van der Waals surface area contributed by atoms with Crippen LogP contribution in [0.2, 0.25) is 0 Å². The van der Waals surface area contributed by atoms with Gasteiger partial charge in [0, 0.05) is 5.56 Å². The molecular formula is C18H15F9N2O3S. The molecular weight excluding hydrogens is 495 g/mol. The van der Waals surface area contributed by atoms with Gasteiger partial charge in [-0.2, -0.15) is 47.9 Å². The molecule has 1 heterocycles. The van der Waals surface area contributed by atoms with E-state index in [0.29, 0.717) is 5.56 Å². The topological polar surface area (TPSA) is 69.2 Å². The Morgan fingerprint density at radius 1 is 0.848 bits per heavy atom. The molecule has 0 aliphatic rings. The molecule has 0 fully saturated rings. The molecule has 0 saturated carbocycles. The fourth-order valence-electron chi connectivity index (χ4n) is 2.48. The fraction of sp³-hybridized carbons (Fsp3) is 0.444. The van der Waals surface area contributed by atoms with Gasteiger partial charge in [0.05, 0.1) is 11.4 Å². The summed E-state index contributed by atoms with van der Waals surface area (Å²) in [7, 11) is -7.11. The minimum atomic E-state index is -7.41. The molecule has 0 bridgehead atoms. The quantitative estimate of drug-likeness (QED) is 0.353. The molecule has 0 unspecified atom stereocenters. The highest BCUT2D eigenvalue weighted by Gasteiger charge is 2.86. The first-order valence-corrected chi connectivity index (χ1v) is 10.3. The summed E-state index contributed by atoms with van der Waals surface area (Å²) in [5, 5.41) is -6.99. The fourth-order valence-corrected chi connectivity index (χ4v) is 3.45. The van der Waals surface area contributed by atoms with Gasteiger partial charge in [-0.25, -0.2) is 9.97 Å². The van der Waals surface area contributed by atoms with E-state index in [2.05, 4.69) is 14.2 Å². The predicted octanol–water partition coefficient (Wildman–Crippen LogP) is 5.71. The van der Waals surface area contributed by atoms with E-state index >= 15 is 0 Å². The summed E-state index contributed by atoms with van der Waals surface area (Å²) in [5.74, 6) is -16.8. The maximum atomic E-state index is 14.0. The van der Waals surface area contributed by atoms with Crippen LogP contribution < -0.4 is 4.18 Å². The average molecular weight is 510 g/mol. The van der Waals surface area contributed by atoms with Gasteiger partial charge in [-0.3, -0.25) is 0 Å². The molecule has 2 aromatic rings. The Labute approximate surface area is 181 Å². The largest absolute Gasteiger partial charge is 0.460 e. The van der Waals surface area contributed by atoms with Gasteiger partial charge in [-0.15, -0.1) is 0 Å². The van der Waals surface area contributed by atoms with Crippen LogP contribution in [0.15, 0.2) is 30.3 Å². The van der Waals surface area contributed by atoms with Crippen molar-refractivity contribution < 1.29 is 52.1 Å². The molecule has 0 amide bonds. The zero-order valence-electron chi connectivity index (χ0n) is 16.9. The highest BCUT2D eigenvalue weighted by Crippen LogP contribution is 2.55. The molecule has 0 N–H and O–H groups in total. The van der Waals surface area contributed by atoms with Crippen LogP contribution in [0.1, 0.15) is 31.2 Å². The van der Waals surface area contributed by atoms with Crippen LogP contribution in [0.25, 0.3) is 11.4 Å². The molecule has 5 nitrogen and oxygen atoms in total. The molecule has 0 atom stereocenters. The van der Waals surface area contributed by atoms with Crippen LogP contribution in [-0.2, 0) is 10.1 Å². The number of hydrogen-bond donors (Lipinski definition) is 0. The summed E-state index contributed by atoms with van der Waals surface area (Å²) in [6.45, 7) is 3.77. The molecule has 15 heteroatoms. The van der Waals surface area contributed by atoms with Crippen LogP contribution in [-0.4, -0.2) is 41.7 Å². The lowest BCUT2D eigenvalue weighted by Gasteiger charge is -2.32. The normalized spacial score (nSPS) is 14.0. The van der Waals surface area contributed by atoms with Crippen molar-refractivity contribution in [2.75, 3.05) is 0 Å². The molecule has 0 saturated heterocycles. The minimum Gasteiger partial charge on any atom is -0.374 e. The van der Waals surface area contributed by atoms with E-state index in [4.69, 9.17) is 0 Å². The van der Waals surface area contributed by atoms with Crippen molar-refractivity contribution in [1.82, 2.24) is 9.97 Å². The number of rotatable bonds is 7. The van der Waals surface area contributed by atoms with Gasteiger partial charge in [0.15, 0.2) is 11.6 Å². The molecule has 1 aromatic carbocycles. The van der Waals surface area contributed by atoms with Crippen molar-refractivity contribution >= 4 is 10.1 Å². The monoisotopic (exact) mass is 510 g/mol. The number of nitrogens with zero attached hydrogens (tertiary/aromatic N) is 2. The summed E-state index contributed by atoms with van der Waals surface area (Å²) in [6.07, 6.45) is -7.19. The first-order chi connectivity index (χ1) is 14.8. The van der Waals surface area contributed by atoms with Crippen molar-refractivity contribution in [3.8, 4) is 17.1 Å². The lowest BCUT2D eigenvalue weighted by molar-refractivity contribution is -0.382. The van der Waals surface area contributed by atoms with Gasteiger partial charge in [0.1, 0.15) is 0 Å². The second kappa shape index (κ2) is 8.33. The third-order valence-electron chi connectivity index (χ3n) is 4.26. The molecule has 1 aromatic heterocycles. The molecule has 0 radical (unpaired) electrons. The van der Waals surface area contributed by atoms with Gasteiger partial charge >= 0.3 is 33.4 Å². The van der Waals surface area contributed by atoms with Crippen molar-refractivity contribution in [2.45, 2.75) is 50.0 Å². The molecule has 0 aliphatic heterocycles. The van der Waals surface area contributed by atoms with E-state index < -0.39 is 56.4 Å². The Hall–Kier alpha value is -2.58. The van der Waals surface area contributed by atoms with Gasteiger partial charge in [-0.1, -0.05) is 44.2 Å². The van der Waals surface area contributed by atoms with Crippen LogP contribution in [0, 0.1) is 6.92 Å². The maximum Gasteiger partial charge on any atom is 0.460 e. The Bertz CT molecular complexity index is 1120. The van der Waals surface area contributed by atoms with Gasteiger partial charge < -0.3 is 4.18 Å². The second-order valence-electron chi connectivity index (χ2n) is 7.07. The van der Waals surface area contributed by atoms with Crippen molar-refractivity contribution in [3.05, 3.63) is 41.7 Å². The van der Waals surface area contributed by atoms with Crippen LogP contribution in [0.3, 0.4) is 0 Å². The summed E-state index contributed by atoms with van der Waals surface area (Å²) < 4.78 is 146. The maximum absolute atomic E-state index is 14.0. The number of aromatic nitrogens is 2. The molecule has 184 valence electrons. The molecule has 2 rings (SSSR count). The minimum absolute atomic E-state index is 0.0396. The van der Waals surface area contributed by atoms with E-state index in [1.807, 2.05) is 0 Å². The third-order valence-corrected chi connectivity index (χ3v) is 5.53. The highest BCUT2D eigenvalue weighted by atomic mass is 32.2. The third kappa shape index (κ3) is 4.46. The Morgan fingerprint density at radius 2 is 1.36 bits per heavy atom. The van der Waals surface area contributed by atoms with Crippen LogP contribution in [0.5, 0.6) is 5.75 Å². The number of aryl methyl sites for hydroxylation is 1. The van der Waals surface area contributed by atoms with E-state index in [-0.39, 0.29) is 5.82 Å². The first kappa shape index (κ1) is 26.7. The lowest BCUT2D eigenvalue weighted by atomic mass is 10.1. The smallest absolute Gasteiger partial charge is 0.374 e. The summed E-state index contributed by atoms with van der Waals surface area (Å²) in [5.41, 5.74) is -0.483. The van der Waals surface area contributed by atoms with Gasteiger partial charge in [-0.05, 0) is 12.8 Å². The second-order valence-corrected chi connectivity index (χ2v) is 8.66. The Morgan fingerprint density at radius 3 is 1.82 bits per heavy atom. The summed E-state index contributed by atoms with van der Waals surface area (Å²) >= 11 is 0. The van der Waals surface area contributed by atoms with Gasteiger partial charge in [0.2, 0.25) is 0 Å². The number of halogens is 9. The van der Waals surface area contributed by atoms with Gasteiger partial charge in [0.25, 0.3) is 0 Å². The Balaban J connectivity index is 2.61. The van der Waals surface area contributed by atoms with Crippen molar-refractivity contribution in [2.24, 2.45) is 0 Å². The molecule has 0 spiro atoms. The standard InChI is InChI=1S/C18H15F9N2O3S/c1-9(2)12-13(10(3)28-14(29-12)11-7-5-4-6-8-11)32-33(30,31)18(26,27)16(21,22)15(19,20)17(23,24)25/h4-9H,1-3H3. The summed E-state index contributed by atoms with van der Waals surface area (Å²) in [4.78, 5) is 7.80. The Kier molecular flexibility index (Phi) is 6.73. The number of hydrogen-bond acceptors (Lipinski definition) is 5. The zero-order valence-corrected chi connectivity index (χ0v) is 17.7.